The molecule has 0 radical (unpaired) electrons. The molecule has 0 saturated carbocycles. The molecule has 0 aliphatic carbocycles. The van der Waals surface area contributed by atoms with Crippen molar-refractivity contribution >= 4 is 21.8 Å². The third-order valence-corrected chi connectivity index (χ3v) is 3.72. The Hall–Kier alpha value is -1.14. The molecule has 1 N–H and O–H groups in total. The molecule has 2 heterocycles. The van der Waals surface area contributed by atoms with Gasteiger partial charge in [0.05, 0.1) is 18.8 Å². The van der Waals surface area contributed by atoms with Gasteiger partial charge in [0.2, 0.25) is 0 Å². The van der Waals surface area contributed by atoms with E-state index in [-0.39, 0.29) is 29.0 Å². The van der Waals surface area contributed by atoms with Crippen LogP contribution in [-0.2, 0) is 4.74 Å². The number of nitrogens with one attached hydrogen (secondary N) is 1. The first-order valence-corrected chi connectivity index (χ1v) is 6.91. The lowest BCUT2D eigenvalue weighted by Gasteiger charge is -2.37. The summed E-state index contributed by atoms with van der Waals surface area (Å²) in [7, 11) is 0. The van der Waals surface area contributed by atoms with Gasteiger partial charge in [-0.25, -0.2) is 0 Å². The Labute approximate surface area is 113 Å². The molecular formula is C12H15BrN2O3. The van der Waals surface area contributed by atoms with Crippen LogP contribution in [0.1, 0.15) is 17.3 Å². The Morgan fingerprint density at radius 1 is 1.67 bits per heavy atom. The number of aromatic nitrogens is 1. The van der Waals surface area contributed by atoms with Crippen molar-refractivity contribution < 1.29 is 9.53 Å². The highest BCUT2D eigenvalue weighted by Gasteiger charge is 2.30. The van der Waals surface area contributed by atoms with E-state index in [9.17, 15) is 9.59 Å². The Kier molecular flexibility index (Phi) is 4.19. The minimum atomic E-state index is -0.257. The van der Waals surface area contributed by atoms with Crippen molar-refractivity contribution in [1.29, 1.82) is 0 Å². The summed E-state index contributed by atoms with van der Waals surface area (Å²) in [6, 6.07) is 1.34. The molecule has 2 unspecified atom stereocenters. The van der Waals surface area contributed by atoms with Crippen LogP contribution in [0.3, 0.4) is 0 Å². The highest BCUT2D eigenvalue weighted by Crippen LogP contribution is 2.15. The maximum absolute atomic E-state index is 12.3. The fraction of sp³-hybridized carbons (Fsp3) is 0.500. The van der Waals surface area contributed by atoms with E-state index < -0.39 is 0 Å². The predicted molar refractivity (Wildman–Crippen MR) is 71.1 cm³/mol. The third kappa shape index (κ3) is 2.64. The third-order valence-electron chi connectivity index (χ3n) is 2.99. The number of hydrogen-bond donors (Lipinski definition) is 1. The number of pyridine rings is 1. The lowest BCUT2D eigenvalue weighted by molar-refractivity contribution is -0.0362. The van der Waals surface area contributed by atoms with Gasteiger partial charge in [-0.2, -0.15) is 0 Å². The molecule has 2 rings (SSSR count). The number of hydrogen-bond acceptors (Lipinski definition) is 3. The topological polar surface area (TPSA) is 62.4 Å². The zero-order valence-electron chi connectivity index (χ0n) is 10.1. The number of nitrogens with zero attached hydrogens (tertiary/aromatic N) is 1. The van der Waals surface area contributed by atoms with Gasteiger partial charge in [-0.15, -0.1) is 0 Å². The maximum Gasteiger partial charge on any atom is 0.259 e. The first-order valence-electron chi connectivity index (χ1n) is 5.79. The summed E-state index contributed by atoms with van der Waals surface area (Å²) >= 11 is 3.35. The van der Waals surface area contributed by atoms with E-state index in [4.69, 9.17) is 4.74 Å². The van der Waals surface area contributed by atoms with Gasteiger partial charge in [0.25, 0.3) is 5.91 Å². The van der Waals surface area contributed by atoms with Crippen molar-refractivity contribution in [2.45, 2.75) is 19.1 Å². The van der Waals surface area contributed by atoms with Gasteiger partial charge >= 0.3 is 0 Å². The number of carbonyl (C=O) groups is 1. The maximum atomic E-state index is 12.3. The normalized spacial score (nSPS) is 24.0. The van der Waals surface area contributed by atoms with E-state index in [1.165, 1.54) is 18.5 Å². The second-order valence-electron chi connectivity index (χ2n) is 4.34. The SMILES string of the molecule is CC1COC(CBr)CN1C(=O)c1c[nH]ccc1=O. The molecule has 1 aliphatic heterocycles. The van der Waals surface area contributed by atoms with Crippen LogP contribution >= 0.6 is 15.9 Å². The molecule has 1 aliphatic rings. The molecule has 0 spiro atoms. The van der Waals surface area contributed by atoms with Crippen LogP contribution in [0.2, 0.25) is 0 Å². The lowest BCUT2D eigenvalue weighted by Crippen LogP contribution is -2.52. The molecule has 1 aromatic heterocycles. The molecule has 5 nitrogen and oxygen atoms in total. The van der Waals surface area contributed by atoms with Gasteiger partial charge in [-0.05, 0) is 6.92 Å². The van der Waals surface area contributed by atoms with Crippen molar-refractivity contribution in [3.8, 4) is 0 Å². The summed E-state index contributed by atoms with van der Waals surface area (Å²) in [6.45, 7) is 2.91. The first-order chi connectivity index (χ1) is 8.63. The Morgan fingerprint density at radius 3 is 3.11 bits per heavy atom. The minimum Gasteiger partial charge on any atom is -0.373 e. The van der Waals surface area contributed by atoms with E-state index >= 15 is 0 Å². The van der Waals surface area contributed by atoms with Crippen LogP contribution in [-0.4, -0.2) is 46.4 Å². The molecular weight excluding hydrogens is 300 g/mol. The molecule has 1 aromatic rings. The molecule has 0 aromatic carbocycles. The highest BCUT2D eigenvalue weighted by molar-refractivity contribution is 9.09. The second-order valence-corrected chi connectivity index (χ2v) is 4.99. The van der Waals surface area contributed by atoms with Gasteiger partial charge in [0.1, 0.15) is 5.56 Å². The number of halogens is 1. The lowest BCUT2D eigenvalue weighted by atomic mass is 10.1. The second kappa shape index (κ2) is 5.67. The van der Waals surface area contributed by atoms with Crippen LogP contribution in [0.25, 0.3) is 0 Å². The van der Waals surface area contributed by atoms with E-state index in [1.807, 2.05) is 6.92 Å². The van der Waals surface area contributed by atoms with Gasteiger partial charge in [-0.3, -0.25) is 9.59 Å². The van der Waals surface area contributed by atoms with Gasteiger partial charge in [-0.1, -0.05) is 15.9 Å². The van der Waals surface area contributed by atoms with Crippen molar-refractivity contribution in [1.82, 2.24) is 9.88 Å². The average Bonchev–Trinajstić information content (AvgIpc) is 2.39. The molecule has 18 heavy (non-hydrogen) atoms. The van der Waals surface area contributed by atoms with Crippen molar-refractivity contribution in [2.24, 2.45) is 0 Å². The molecule has 1 saturated heterocycles. The number of alkyl halides is 1. The summed E-state index contributed by atoms with van der Waals surface area (Å²) in [6.07, 6.45) is 2.95. The molecule has 1 amide bonds. The van der Waals surface area contributed by atoms with Crippen LogP contribution in [0, 0.1) is 0 Å². The Bertz CT molecular complexity index is 488. The molecule has 98 valence electrons. The van der Waals surface area contributed by atoms with E-state index in [0.29, 0.717) is 18.5 Å². The fourth-order valence-electron chi connectivity index (χ4n) is 1.93. The minimum absolute atomic E-state index is 0.0204. The molecule has 6 heteroatoms. The monoisotopic (exact) mass is 314 g/mol. The van der Waals surface area contributed by atoms with Crippen LogP contribution in [0.15, 0.2) is 23.3 Å². The van der Waals surface area contributed by atoms with Crippen LogP contribution < -0.4 is 5.43 Å². The Morgan fingerprint density at radius 2 is 2.44 bits per heavy atom. The smallest absolute Gasteiger partial charge is 0.259 e. The number of amides is 1. The van der Waals surface area contributed by atoms with Crippen LogP contribution in [0.5, 0.6) is 0 Å². The number of ether oxygens (including phenoxy) is 1. The number of aromatic amines is 1. The number of carbonyl (C=O) groups excluding carboxylic acids is 1. The van der Waals surface area contributed by atoms with Gasteiger partial charge in [0, 0.05) is 30.3 Å². The van der Waals surface area contributed by atoms with Crippen molar-refractivity contribution in [2.75, 3.05) is 18.5 Å². The van der Waals surface area contributed by atoms with Crippen molar-refractivity contribution in [3.05, 3.63) is 34.2 Å². The zero-order chi connectivity index (χ0) is 13.1. The summed E-state index contributed by atoms with van der Waals surface area (Å²) < 4.78 is 5.56. The van der Waals surface area contributed by atoms with E-state index in [2.05, 4.69) is 20.9 Å². The number of morpholine rings is 1. The summed E-state index contributed by atoms with van der Waals surface area (Å²) in [4.78, 5) is 28.4. The van der Waals surface area contributed by atoms with E-state index in [1.54, 1.807) is 4.90 Å². The molecule has 2 atom stereocenters. The van der Waals surface area contributed by atoms with E-state index in [0.717, 1.165) is 0 Å². The average molecular weight is 315 g/mol. The van der Waals surface area contributed by atoms with Crippen molar-refractivity contribution in [3.63, 3.8) is 0 Å². The largest absolute Gasteiger partial charge is 0.373 e. The predicted octanol–water partition coefficient (Wildman–Crippen LogP) is 0.999. The first kappa shape index (κ1) is 13.3. The highest BCUT2D eigenvalue weighted by atomic mass is 79.9. The van der Waals surface area contributed by atoms with Gasteiger partial charge in [0.15, 0.2) is 5.43 Å². The summed E-state index contributed by atoms with van der Waals surface area (Å²) in [5.74, 6) is -0.237. The Balaban J connectivity index is 2.22. The van der Waals surface area contributed by atoms with Gasteiger partial charge < -0.3 is 14.6 Å². The van der Waals surface area contributed by atoms with Crippen LogP contribution in [0.4, 0.5) is 0 Å². The zero-order valence-corrected chi connectivity index (χ0v) is 11.6. The summed E-state index contributed by atoms with van der Waals surface area (Å²) in [5.41, 5.74) is -0.0765. The molecule has 0 bridgehead atoms. The quantitative estimate of drug-likeness (QED) is 0.828. The standard InChI is InChI=1S/C12H15BrN2O3/c1-8-7-18-9(4-13)6-15(8)12(17)10-5-14-3-2-11(10)16/h2-3,5,8-9H,4,6-7H2,1H3,(H,14,16). The number of H-pyrrole nitrogens is 1. The number of rotatable bonds is 2. The molecule has 1 fully saturated rings. The fourth-order valence-corrected chi connectivity index (χ4v) is 2.32. The summed E-state index contributed by atoms with van der Waals surface area (Å²) in [5, 5.41) is 0.675.